The van der Waals surface area contributed by atoms with E-state index in [0.29, 0.717) is 12.8 Å². The molecule has 0 unspecified atom stereocenters. The van der Waals surface area contributed by atoms with E-state index < -0.39 is 55.9 Å². The van der Waals surface area contributed by atoms with Crippen molar-refractivity contribution >= 4 is 0 Å². The molecular weight excluding hydrogens is 408 g/mol. The molecule has 6 N–H and O–H groups in total. The van der Waals surface area contributed by atoms with Crippen LogP contribution in [0.2, 0.25) is 0 Å². The molecule has 1 rings (SSSR count). The Bertz CT molecular complexity index is 408. The minimum atomic E-state index is -1.38. The topological polar surface area (TPSA) is 121 Å². The summed E-state index contributed by atoms with van der Waals surface area (Å²) >= 11 is 0. The highest BCUT2D eigenvalue weighted by atomic mass is 16.3. The van der Waals surface area contributed by atoms with Gasteiger partial charge in [0.15, 0.2) is 0 Å². The monoisotopic (exact) mass is 460 g/mol. The van der Waals surface area contributed by atoms with Crippen molar-refractivity contribution in [2.75, 3.05) is 39.6 Å². The third-order valence-electron chi connectivity index (χ3n) is 8.59. The van der Waals surface area contributed by atoms with Crippen LogP contribution in [-0.2, 0) is 0 Å². The molecule has 0 bridgehead atoms. The summed E-state index contributed by atoms with van der Waals surface area (Å²) in [6.45, 7) is -2.66. The number of hydrogen-bond donors (Lipinski definition) is 6. The van der Waals surface area contributed by atoms with Gasteiger partial charge in [-0.15, -0.1) is 0 Å². The normalized spacial score (nSPS) is 24.6. The van der Waals surface area contributed by atoms with Crippen LogP contribution in [0.25, 0.3) is 0 Å². The Balaban J connectivity index is 3.10. The lowest BCUT2D eigenvalue weighted by molar-refractivity contribution is -0.214. The van der Waals surface area contributed by atoms with Gasteiger partial charge < -0.3 is 30.6 Å². The smallest absolute Gasteiger partial charge is 0.0523 e. The molecule has 192 valence electrons. The van der Waals surface area contributed by atoms with Gasteiger partial charge in [-0.1, -0.05) is 96.3 Å². The Hall–Kier alpha value is -0.240. The largest absolute Gasteiger partial charge is 0.396 e. The molecule has 1 aliphatic rings. The summed E-state index contributed by atoms with van der Waals surface area (Å²) in [7, 11) is 0. The highest BCUT2D eigenvalue weighted by molar-refractivity contribution is 5.08. The SMILES string of the molecule is OCC1(CO)CCCCCCCCCCCCCCCCCC(CO)(CO)C1(CO)CO. The Kier molecular flexibility index (Phi) is 15.3. The zero-order valence-electron chi connectivity index (χ0n) is 20.4. The molecule has 0 saturated heterocycles. The van der Waals surface area contributed by atoms with Crippen molar-refractivity contribution in [3.8, 4) is 0 Å². The van der Waals surface area contributed by atoms with Crippen LogP contribution in [0.3, 0.4) is 0 Å². The van der Waals surface area contributed by atoms with E-state index in [4.69, 9.17) is 0 Å². The van der Waals surface area contributed by atoms with Gasteiger partial charge in [0, 0.05) is 16.2 Å². The molecule has 1 fully saturated rings. The van der Waals surface area contributed by atoms with Crippen LogP contribution in [0.4, 0.5) is 0 Å². The Morgan fingerprint density at radius 3 is 0.719 bits per heavy atom. The number of aliphatic hydroxyl groups excluding tert-OH is 6. The first-order valence-electron chi connectivity index (χ1n) is 13.2. The van der Waals surface area contributed by atoms with E-state index in [9.17, 15) is 30.6 Å². The lowest BCUT2D eigenvalue weighted by atomic mass is 9.49. The van der Waals surface area contributed by atoms with Crippen LogP contribution in [0.1, 0.15) is 109 Å². The molecule has 6 heteroatoms. The Morgan fingerprint density at radius 2 is 0.531 bits per heavy atom. The summed E-state index contributed by atoms with van der Waals surface area (Å²) in [6.07, 6.45) is 17.8. The van der Waals surface area contributed by atoms with Gasteiger partial charge in [0.2, 0.25) is 0 Å². The van der Waals surface area contributed by atoms with Gasteiger partial charge in [0.25, 0.3) is 0 Å². The summed E-state index contributed by atoms with van der Waals surface area (Å²) in [4.78, 5) is 0. The molecule has 0 atom stereocenters. The van der Waals surface area contributed by atoms with Gasteiger partial charge in [0.05, 0.1) is 39.6 Å². The minimum Gasteiger partial charge on any atom is -0.396 e. The summed E-state index contributed by atoms with van der Waals surface area (Å²) in [5.41, 5.74) is -3.74. The zero-order chi connectivity index (χ0) is 23.8. The van der Waals surface area contributed by atoms with Gasteiger partial charge >= 0.3 is 0 Å². The molecular formula is C26H52O6. The summed E-state index contributed by atoms with van der Waals surface area (Å²) in [5, 5.41) is 62.8. The maximum atomic E-state index is 10.5. The minimum absolute atomic E-state index is 0.410. The molecule has 0 amide bonds. The van der Waals surface area contributed by atoms with Gasteiger partial charge in [-0.25, -0.2) is 0 Å². The van der Waals surface area contributed by atoms with Gasteiger partial charge in [0.1, 0.15) is 0 Å². The molecule has 32 heavy (non-hydrogen) atoms. The van der Waals surface area contributed by atoms with Crippen molar-refractivity contribution in [2.24, 2.45) is 16.2 Å². The highest BCUT2D eigenvalue weighted by Crippen LogP contribution is 2.56. The van der Waals surface area contributed by atoms with E-state index in [1.54, 1.807) is 0 Å². The van der Waals surface area contributed by atoms with Crippen molar-refractivity contribution in [3.63, 3.8) is 0 Å². The Morgan fingerprint density at radius 1 is 0.312 bits per heavy atom. The van der Waals surface area contributed by atoms with E-state index in [1.165, 1.54) is 57.8 Å². The summed E-state index contributed by atoms with van der Waals surface area (Å²) in [5.74, 6) is 0. The first kappa shape index (κ1) is 29.8. The standard InChI is InChI=1S/C26H52O6/c27-18-24(19-28)16-14-12-10-8-6-4-2-1-3-5-7-9-11-13-15-17-25(20-29,21-30)26(24,22-31)23-32/h27-32H,1-23H2. The molecule has 0 aromatic carbocycles. The molecule has 0 aromatic heterocycles. The molecule has 1 saturated carbocycles. The predicted molar refractivity (Wildman–Crippen MR) is 128 cm³/mol. The average Bonchev–Trinajstić information content (AvgIpc) is 2.83. The van der Waals surface area contributed by atoms with E-state index in [1.807, 2.05) is 0 Å². The van der Waals surface area contributed by atoms with Gasteiger partial charge in [-0.3, -0.25) is 0 Å². The molecule has 0 radical (unpaired) electrons. The van der Waals surface area contributed by atoms with Crippen molar-refractivity contribution in [2.45, 2.75) is 109 Å². The van der Waals surface area contributed by atoms with Crippen LogP contribution in [0.5, 0.6) is 0 Å². The third kappa shape index (κ3) is 7.38. The molecule has 0 aromatic rings. The number of aliphatic hydroxyl groups is 6. The van der Waals surface area contributed by atoms with Crippen LogP contribution >= 0.6 is 0 Å². The second kappa shape index (κ2) is 16.4. The highest BCUT2D eigenvalue weighted by Gasteiger charge is 2.61. The molecule has 0 spiro atoms. The van der Waals surface area contributed by atoms with Gasteiger partial charge in [-0.2, -0.15) is 0 Å². The van der Waals surface area contributed by atoms with Crippen molar-refractivity contribution in [1.29, 1.82) is 0 Å². The third-order valence-corrected chi connectivity index (χ3v) is 8.59. The number of rotatable bonds is 6. The first-order chi connectivity index (χ1) is 15.6. The van der Waals surface area contributed by atoms with E-state index in [2.05, 4.69) is 0 Å². The van der Waals surface area contributed by atoms with Gasteiger partial charge in [-0.05, 0) is 12.8 Å². The maximum Gasteiger partial charge on any atom is 0.0523 e. The molecule has 6 nitrogen and oxygen atoms in total. The fraction of sp³-hybridized carbons (Fsp3) is 1.00. The second-order valence-electron chi connectivity index (χ2n) is 10.4. The average molecular weight is 461 g/mol. The zero-order valence-corrected chi connectivity index (χ0v) is 20.4. The second-order valence-corrected chi connectivity index (χ2v) is 10.4. The lowest BCUT2D eigenvalue weighted by Gasteiger charge is -2.57. The lowest BCUT2D eigenvalue weighted by Crippen LogP contribution is -2.64. The van der Waals surface area contributed by atoms with Crippen LogP contribution in [0, 0.1) is 16.2 Å². The van der Waals surface area contributed by atoms with Crippen molar-refractivity contribution in [3.05, 3.63) is 0 Å². The number of hydrogen-bond acceptors (Lipinski definition) is 6. The summed E-state index contributed by atoms with van der Waals surface area (Å²) in [6, 6.07) is 0. The van der Waals surface area contributed by atoms with E-state index >= 15 is 0 Å². The fourth-order valence-corrected chi connectivity index (χ4v) is 6.01. The molecule has 1 aliphatic carbocycles. The predicted octanol–water partition coefficient (Wildman–Crippen LogP) is 3.54. The van der Waals surface area contributed by atoms with Crippen molar-refractivity contribution in [1.82, 2.24) is 0 Å². The summed E-state index contributed by atoms with van der Waals surface area (Å²) < 4.78 is 0. The van der Waals surface area contributed by atoms with E-state index in [-0.39, 0.29) is 0 Å². The van der Waals surface area contributed by atoms with Crippen LogP contribution in [-0.4, -0.2) is 70.3 Å². The maximum absolute atomic E-state index is 10.5. The fourth-order valence-electron chi connectivity index (χ4n) is 6.01. The molecule has 0 heterocycles. The van der Waals surface area contributed by atoms with Crippen LogP contribution < -0.4 is 0 Å². The molecule has 0 aliphatic heterocycles. The van der Waals surface area contributed by atoms with E-state index in [0.717, 1.165) is 38.5 Å². The van der Waals surface area contributed by atoms with Crippen LogP contribution in [0.15, 0.2) is 0 Å². The first-order valence-corrected chi connectivity index (χ1v) is 13.2. The van der Waals surface area contributed by atoms with Crippen molar-refractivity contribution < 1.29 is 30.6 Å². The quantitative estimate of drug-likeness (QED) is 0.361. The Labute approximate surface area is 196 Å².